The van der Waals surface area contributed by atoms with E-state index >= 15 is 0 Å². The van der Waals surface area contributed by atoms with E-state index in [1.54, 1.807) is 24.3 Å². The number of nitrogens with zero attached hydrogens (tertiary/aromatic N) is 2. The van der Waals surface area contributed by atoms with Gasteiger partial charge >= 0.3 is 6.18 Å². The minimum atomic E-state index is -4.58. The van der Waals surface area contributed by atoms with Crippen LogP contribution in [0.1, 0.15) is 31.9 Å². The second-order valence-corrected chi connectivity index (χ2v) is 7.67. The lowest BCUT2D eigenvalue weighted by atomic mass is 10.1. The van der Waals surface area contributed by atoms with Crippen LogP contribution in [0.15, 0.2) is 58.5 Å². The zero-order valence-corrected chi connectivity index (χ0v) is 17.2. The molecule has 0 saturated heterocycles. The van der Waals surface area contributed by atoms with Crippen LogP contribution in [-0.2, 0) is 11.0 Å². The number of rotatable bonds is 6. The molecule has 0 saturated carbocycles. The first kappa shape index (κ1) is 21.9. The summed E-state index contributed by atoms with van der Waals surface area (Å²) in [5, 5.41) is 3.14. The summed E-state index contributed by atoms with van der Waals surface area (Å²) in [4.78, 5) is 29.8. The molecular formula is C21H20F3N3O2S. The van der Waals surface area contributed by atoms with Crippen molar-refractivity contribution in [3.63, 3.8) is 0 Å². The number of fused-ring (bicyclic) bond motifs is 1. The quantitative estimate of drug-likeness (QED) is 0.431. The normalized spacial score (nSPS) is 12.7. The number of amides is 1. The highest BCUT2D eigenvalue weighted by Gasteiger charge is 2.33. The van der Waals surface area contributed by atoms with Gasteiger partial charge in [0, 0.05) is 6.04 Å². The van der Waals surface area contributed by atoms with Crippen molar-refractivity contribution in [1.82, 2.24) is 9.55 Å². The Balaban J connectivity index is 1.86. The highest BCUT2D eigenvalue weighted by atomic mass is 32.2. The van der Waals surface area contributed by atoms with Crippen molar-refractivity contribution in [3.05, 3.63) is 64.4 Å². The average Bonchev–Trinajstić information content (AvgIpc) is 2.71. The van der Waals surface area contributed by atoms with Gasteiger partial charge in [0.05, 0.1) is 27.9 Å². The summed E-state index contributed by atoms with van der Waals surface area (Å²) in [6, 6.07) is 11.6. The SMILES string of the molecule is CCC(C)n1c(SCC(=O)Nc2ccccc2C(F)(F)F)nc2ccccc2c1=O. The van der Waals surface area contributed by atoms with Gasteiger partial charge in [-0.15, -0.1) is 0 Å². The van der Waals surface area contributed by atoms with Crippen molar-refractivity contribution < 1.29 is 18.0 Å². The molecule has 0 aliphatic rings. The van der Waals surface area contributed by atoms with Gasteiger partial charge in [0.25, 0.3) is 5.56 Å². The van der Waals surface area contributed by atoms with Crippen LogP contribution in [0, 0.1) is 0 Å². The van der Waals surface area contributed by atoms with Crippen LogP contribution in [-0.4, -0.2) is 21.2 Å². The predicted octanol–water partition coefficient (Wildman–Crippen LogP) is 5.12. The van der Waals surface area contributed by atoms with Crippen LogP contribution < -0.4 is 10.9 Å². The summed E-state index contributed by atoms with van der Waals surface area (Å²) in [5.74, 6) is -0.803. The zero-order valence-electron chi connectivity index (χ0n) is 16.4. The van der Waals surface area contributed by atoms with E-state index in [1.807, 2.05) is 13.8 Å². The summed E-state index contributed by atoms with van der Waals surface area (Å²) in [6.45, 7) is 3.81. The molecule has 1 unspecified atom stereocenters. The Morgan fingerprint density at radius 3 is 2.53 bits per heavy atom. The van der Waals surface area contributed by atoms with Gasteiger partial charge in [-0.2, -0.15) is 13.2 Å². The zero-order chi connectivity index (χ0) is 21.9. The van der Waals surface area contributed by atoms with Gasteiger partial charge in [0.1, 0.15) is 0 Å². The molecule has 3 aromatic rings. The second kappa shape index (κ2) is 8.91. The molecule has 0 fully saturated rings. The Bertz CT molecular complexity index is 1130. The first-order valence-corrected chi connectivity index (χ1v) is 10.3. The number of carbonyl (C=O) groups is 1. The lowest BCUT2D eigenvalue weighted by Crippen LogP contribution is -2.26. The number of para-hydroxylation sites is 2. The van der Waals surface area contributed by atoms with Gasteiger partial charge in [-0.25, -0.2) is 4.98 Å². The first-order valence-electron chi connectivity index (χ1n) is 9.32. The van der Waals surface area contributed by atoms with Gasteiger partial charge in [0.15, 0.2) is 5.16 Å². The van der Waals surface area contributed by atoms with Gasteiger partial charge < -0.3 is 5.32 Å². The Hall–Kier alpha value is -2.81. The molecule has 3 rings (SSSR count). The van der Waals surface area contributed by atoms with Crippen molar-refractivity contribution in [3.8, 4) is 0 Å². The van der Waals surface area contributed by atoms with E-state index < -0.39 is 17.6 Å². The molecule has 1 amide bonds. The Morgan fingerprint density at radius 2 is 1.83 bits per heavy atom. The number of aromatic nitrogens is 2. The molecule has 1 atom stereocenters. The lowest BCUT2D eigenvalue weighted by molar-refractivity contribution is -0.137. The smallest absolute Gasteiger partial charge is 0.325 e. The van der Waals surface area contributed by atoms with Crippen molar-refractivity contribution in [2.45, 2.75) is 37.6 Å². The Labute approximate surface area is 175 Å². The van der Waals surface area contributed by atoms with Crippen LogP contribution in [0.3, 0.4) is 0 Å². The summed E-state index contributed by atoms with van der Waals surface area (Å²) >= 11 is 1.02. The number of thioether (sulfide) groups is 1. The third-order valence-electron chi connectivity index (χ3n) is 4.65. The van der Waals surface area contributed by atoms with Crippen LogP contribution in [0.2, 0.25) is 0 Å². The first-order chi connectivity index (χ1) is 14.2. The molecule has 158 valence electrons. The minimum absolute atomic E-state index is 0.147. The van der Waals surface area contributed by atoms with Crippen LogP contribution in [0.25, 0.3) is 10.9 Å². The lowest BCUT2D eigenvalue weighted by Gasteiger charge is -2.18. The fourth-order valence-corrected chi connectivity index (χ4v) is 3.85. The molecule has 1 aromatic heterocycles. The van der Waals surface area contributed by atoms with E-state index in [0.717, 1.165) is 17.8 Å². The van der Waals surface area contributed by atoms with Gasteiger partial charge in [-0.05, 0) is 37.6 Å². The molecule has 1 N–H and O–H groups in total. The number of benzene rings is 2. The molecule has 0 aliphatic carbocycles. The molecule has 30 heavy (non-hydrogen) atoms. The molecule has 0 bridgehead atoms. The summed E-state index contributed by atoms with van der Waals surface area (Å²) < 4.78 is 40.9. The number of anilines is 1. The van der Waals surface area contributed by atoms with E-state index in [9.17, 15) is 22.8 Å². The van der Waals surface area contributed by atoms with E-state index in [2.05, 4.69) is 10.3 Å². The van der Waals surface area contributed by atoms with Crippen LogP contribution in [0.4, 0.5) is 18.9 Å². The average molecular weight is 435 g/mol. The van der Waals surface area contributed by atoms with E-state index in [1.165, 1.54) is 22.8 Å². The maximum Gasteiger partial charge on any atom is 0.418 e. The number of halogens is 3. The third kappa shape index (κ3) is 4.67. The molecule has 0 radical (unpaired) electrons. The number of nitrogens with one attached hydrogen (secondary N) is 1. The molecule has 9 heteroatoms. The van der Waals surface area contributed by atoms with Crippen molar-refractivity contribution in [2.75, 3.05) is 11.1 Å². The second-order valence-electron chi connectivity index (χ2n) is 6.72. The number of hydrogen-bond donors (Lipinski definition) is 1. The van der Waals surface area contributed by atoms with Gasteiger partial charge in [-0.1, -0.05) is 43.0 Å². The van der Waals surface area contributed by atoms with Crippen molar-refractivity contribution >= 4 is 34.3 Å². The number of carbonyl (C=O) groups excluding carboxylic acids is 1. The van der Waals surface area contributed by atoms with Crippen molar-refractivity contribution in [1.29, 1.82) is 0 Å². The Morgan fingerprint density at radius 1 is 1.17 bits per heavy atom. The minimum Gasteiger partial charge on any atom is -0.325 e. The maximum absolute atomic E-state index is 13.1. The maximum atomic E-state index is 13.1. The summed E-state index contributed by atoms with van der Waals surface area (Å²) in [5.41, 5.74) is -0.919. The summed E-state index contributed by atoms with van der Waals surface area (Å²) in [7, 11) is 0. The van der Waals surface area contributed by atoms with E-state index in [4.69, 9.17) is 0 Å². The summed E-state index contributed by atoms with van der Waals surface area (Å²) in [6.07, 6.45) is -3.90. The number of alkyl halides is 3. The highest BCUT2D eigenvalue weighted by Crippen LogP contribution is 2.34. The fourth-order valence-electron chi connectivity index (χ4n) is 2.95. The Kier molecular flexibility index (Phi) is 6.50. The molecule has 0 spiro atoms. The van der Waals surface area contributed by atoms with E-state index in [0.29, 0.717) is 22.5 Å². The molecular weight excluding hydrogens is 415 g/mol. The highest BCUT2D eigenvalue weighted by molar-refractivity contribution is 7.99. The fraction of sp³-hybridized carbons (Fsp3) is 0.286. The molecule has 5 nitrogen and oxygen atoms in total. The third-order valence-corrected chi connectivity index (χ3v) is 5.60. The van der Waals surface area contributed by atoms with Gasteiger partial charge in [-0.3, -0.25) is 14.2 Å². The molecule has 0 aliphatic heterocycles. The molecule has 2 aromatic carbocycles. The largest absolute Gasteiger partial charge is 0.418 e. The topological polar surface area (TPSA) is 64.0 Å². The van der Waals surface area contributed by atoms with Gasteiger partial charge in [0.2, 0.25) is 5.91 Å². The van der Waals surface area contributed by atoms with Crippen molar-refractivity contribution in [2.24, 2.45) is 0 Å². The number of hydrogen-bond acceptors (Lipinski definition) is 4. The van der Waals surface area contributed by atoms with Crippen LogP contribution >= 0.6 is 11.8 Å². The predicted molar refractivity (Wildman–Crippen MR) is 112 cm³/mol. The monoisotopic (exact) mass is 435 g/mol. The molecule has 1 heterocycles. The van der Waals surface area contributed by atoms with E-state index in [-0.39, 0.29) is 23.0 Å². The van der Waals surface area contributed by atoms with Crippen LogP contribution in [0.5, 0.6) is 0 Å². The standard InChI is InChI=1S/C21H20F3N3O2S/c1-3-13(2)27-19(29)14-8-4-6-10-16(14)26-20(27)30-12-18(28)25-17-11-7-5-9-15(17)21(22,23)24/h4-11,13H,3,12H2,1-2H3,(H,25,28).